The Balaban J connectivity index is 1.87. The van der Waals surface area contributed by atoms with Crippen LogP contribution in [0.3, 0.4) is 0 Å². The summed E-state index contributed by atoms with van der Waals surface area (Å²) < 4.78 is 1.50. The molecule has 3 aromatic rings. The third kappa shape index (κ3) is 3.12. The number of rotatable bonds is 4. The normalized spacial score (nSPS) is 11.0. The van der Waals surface area contributed by atoms with E-state index in [2.05, 4.69) is 4.98 Å². The smallest absolute Gasteiger partial charge is 0.261 e. The Morgan fingerprint density at radius 3 is 2.67 bits per heavy atom. The first-order valence-corrected chi connectivity index (χ1v) is 8.65. The van der Waals surface area contributed by atoms with Crippen LogP contribution in [0.1, 0.15) is 21.5 Å². The van der Waals surface area contributed by atoms with Gasteiger partial charge in [-0.25, -0.2) is 4.98 Å². The molecule has 24 heavy (non-hydrogen) atoms. The zero-order chi connectivity index (χ0) is 17.3. The van der Waals surface area contributed by atoms with E-state index in [-0.39, 0.29) is 17.1 Å². The highest BCUT2D eigenvalue weighted by Crippen LogP contribution is 2.20. The van der Waals surface area contributed by atoms with Crippen LogP contribution in [0.15, 0.2) is 52.4 Å². The van der Waals surface area contributed by atoms with Gasteiger partial charge in [0.15, 0.2) is 10.9 Å². The fourth-order valence-electron chi connectivity index (χ4n) is 2.66. The van der Waals surface area contributed by atoms with Gasteiger partial charge in [0, 0.05) is 12.6 Å². The van der Waals surface area contributed by atoms with E-state index >= 15 is 0 Å². The van der Waals surface area contributed by atoms with Gasteiger partial charge in [0.1, 0.15) is 0 Å². The Hall–Kier alpha value is -2.40. The fraction of sp³-hybridized carbons (Fsp3) is 0.211. The minimum Gasteiger partial charge on any atom is -0.293 e. The van der Waals surface area contributed by atoms with Crippen LogP contribution in [0.4, 0.5) is 0 Å². The van der Waals surface area contributed by atoms with Crippen molar-refractivity contribution in [2.24, 2.45) is 7.05 Å². The lowest BCUT2D eigenvalue weighted by molar-refractivity contribution is 0.102. The molecule has 0 unspecified atom stereocenters. The fourth-order valence-corrected chi connectivity index (χ4v) is 3.52. The molecule has 0 bridgehead atoms. The molecule has 0 aliphatic rings. The highest BCUT2D eigenvalue weighted by atomic mass is 32.2. The second-order valence-corrected chi connectivity index (χ2v) is 6.75. The molecule has 0 saturated carbocycles. The van der Waals surface area contributed by atoms with Gasteiger partial charge in [-0.2, -0.15) is 0 Å². The van der Waals surface area contributed by atoms with Gasteiger partial charge < -0.3 is 0 Å². The van der Waals surface area contributed by atoms with Crippen LogP contribution in [-0.2, 0) is 7.05 Å². The second-order valence-electron chi connectivity index (χ2n) is 5.81. The van der Waals surface area contributed by atoms with Crippen molar-refractivity contribution in [3.05, 3.63) is 69.5 Å². The molecular formula is C19H18N2O2S. The monoisotopic (exact) mass is 338 g/mol. The molecule has 4 nitrogen and oxygen atoms in total. The number of hydrogen-bond acceptors (Lipinski definition) is 4. The Morgan fingerprint density at radius 1 is 1.17 bits per heavy atom. The standard InChI is InChI=1S/C19H18N2O2S/c1-12-8-9-14(13(2)10-12)17(22)11-24-19-20-16-7-5-4-6-15(16)18(23)21(19)3/h4-10H,11H2,1-3H3. The maximum atomic E-state index is 12.5. The van der Waals surface area contributed by atoms with E-state index in [9.17, 15) is 9.59 Å². The van der Waals surface area contributed by atoms with Crippen LogP contribution in [0, 0.1) is 13.8 Å². The van der Waals surface area contributed by atoms with Crippen molar-refractivity contribution in [1.29, 1.82) is 0 Å². The largest absolute Gasteiger partial charge is 0.293 e. The summed E-state index contributed by atoms with van der Waals surface area (Å²) in [5.74, 6) is 0.294. The molecule has 0 aliphatic carbocycles. The third-order valence-electron chi connectivity index (χ3n) is 3.96. The Labute approximate surface area is 144 Å². The summed E-state index contributed by atoms with van der Waals surface area (Å²) in [6.45, 7) is 3.94. The maximum absolute atomic E-state index is 12.5. The van der Waals surface area contributed by atoms with E-state index in [4.69, 9.17) is 0 Å². The highest BCUT2D eigenvalue weighted by Gasteiger charge is 2.13. The number of nitrogens with zero attached hydrogens (tertiary/aromatic N) is 2. The zero-order valence-electron chi connectivity index (χ0n) is 13.9. The summed E-state index contributed by atoms with van der Waals surface area (Å²) >= 11 is 1.29. The molecule has 0 radical (unpaired) electrons. The Kier molecular flexibility index (Phi) is 4.53. The number of hydrogen-bond donors (Lipinski definition) is 0. The first-order valence-electron chi connectivity index (χ1n) is 7.66. The van der Waals surface area contributed by atoms with Crippen LogP contribution in [0.25, 0.3) is 10.9 Å². The average molecular weight is 338 g/mol. The van der Waals surface area contributed by atoms with Crippen LogP contribution in [-0.4, -0.2) is 21.1 Å². The number of benzene rings is 2. The number of aromatic nitrogens is 2. The summed E-state index contributed by atoms with van der Waals surface area (Å²) in [6.07, 6.45) is 0. The van der Waals surface area contributed by atoms with Crippen molar-refractivity contribution in [2.75, 3.05) is 5.75 Å². The van der Waals surface area contributed by atoms with Gasteiger partial charge in [-0.1, -0.05) is 47.7 Å². The van der Waals surface area contributed by atoms with Crippen LogP contribution in [0.2, 0.25) is 0 Å². The van der Waals surface area contributed by atoms with E-state index in [0.29, 0.717) is 16.1 Å². The van der Waals surface area contributed by atoms with Crippen molar-refractivity contribution in [1.82, 2.24) is 9.55 Å². The minimum atomic E-state index is -0.0953. The summed E-state index contributed by atoms with van der Waals surface area (Å²) in [7, 11) is 1.69. The van der Waals surface area contributed by atoms with E-state index in [1.165, 1.54) is 16.3 Å². The molecule has 122 valence electrons. The first kappa shape index (κ1) is 16.5. The number of fused-ring (bicyclic) bond motifs is 1. The molecule has 1 aromatic heterocycles. The molecule has 1 heterocycles. The topological polar surface area (TPSA) is 52.0 Å². The zero-order valence-corrected chi connectivity index (χ0v) is 14.7. The second kappa shape index (κ2) is 6.61. The molecule has 0 amide bonds. The number of ketones is 1. The molecule has 0 spiro atoms. The number of Topliss-reactive ketones (excluding diaryl/α,β-unsaturated/α-hetero) is 1. The van der Waals surface area contributed by atoms with Crippen LogP contribution < -0.4 is 5.56 Å². The number of carbonyl (C=O) groups excluding carboxylic acids is 1. The van der Waals surface area contributed by atoms with E-state index in [1.54, 1.807) is 13.1 Å². The number of thioether (sulfide) groups is 1. The Bertz CT molecular complexity index is 992. The molecule has 2 aromatic carbocycles. The summed E-state index contributed by atoms with van der Waals surface area (Å²) in [5, 5.41) is 1.14. The Morgan fingerprint density at radius 2 is 1.92 bits per heavy atom. The van der Waals surface area contributed by atoms with Gasteiger partial charge in [0.25, 0.3) is 5.56 Å². The first-order chi connectivity index (χ1) is 11.5. The van der Waals surface area contributed by atoms with Crippen molar-refractivity contribution < 1.29 is 4.79 Å². The predicted octanol–water partition coefficient (Wildman–Crippen LogP) is 3.53. The molecule has 0 saturated heterocycles. The molecule has 0 fully saturated rings. The predicted molar refractivity (Wildman–Crippen MR) is 98.0 cm³/mol. The average Bonchev–Trinajstić information content (AvgIpc) is 2.56. The summed E-state index contributed by atoms with van der Waals surface area (Å²) in [4.78, 5) is 29.4. The molecule has 0 N–H and O–H groups in total. The van der Waals surface area contributed by atoms with Gasteiger partial charge in [0.05, 0.1) is 16.7 Å². The van der Waals surface area contributed by atoms with Gasteiger partial charge in [0.2, 0.25) is 0 Å². The lowest BCUT2D eigenvalue weighted by Gasteiger charge is -2.09. The van der Waals surface area contributed by atoms with E-state index < -0.39 is 0 Å². The molecule has 0 atom stereocenters. The van der Waals surface area contributed by atoms with Gasteiger partial charge in [-0.05, 0) is 31.5 Å². The van der Waals surface area contributed by atoms with E-state index in [1.807, 2.05) is 50.2 Å². The molecular weight excluding hydrogens is 320 g/mol. The van der Waals surface area contributed by atoms with E-state index in [0.717, 1.165) is 16.7 Å². The number of carbonyl (C=O) groups is 1. The lowest BCUT2D eigenvalue weighted by atomic mass is 10.0. The third-order valence-corrected chi connectivity index (χ3v) is 4.99. The van der Waals surface area contributed by atoms with Crippen molar-refractivity contribution >= 4 is 28.4 Å². The molecule has 5 heteroatoms. The minimum absolute atomic E-state index is 0.0416. The van der Waals surface area contributed by atoms with Crippen LogP contribution >= 0.6 is 11.8 Å². The number of aryl methyl sites for hydroxylation is 2. The maximum Gasteiger partial charge on any atom is 0.261 e. The molecule has 0 aliphatic heterocycles. The highest BCUT2D eigenvalue weighted by molar-refractivity contribution is 7.99. The summed E-state index contributed by atoms with van der Waals surface area (Å²) in [5.41, 5.74) is 3.39. The van der Waals surface area contributed by atoms with Gasteiger partial charge >= 0.3 is 0 Å². The van der Waals surface area contributed by atoms with Crippen molar-refractivity contribution in [2.45, 2.75) is 19.0 Å². The van der Waals surface area contributed by atoms with Gasteiger partial charge in [-0.15, -0.1) is 0 Å². The SMILES string of the molecule is Cc1ccc(C(=O)CSc2nc3ccccc3c(=O)n2C)c(C)c1. The van der Waals surface area contributed by atoms with Crippen molar-refractivity contribution in [3.63, 3.8) is 0 Å². The number of para-hydroxylation sites is 1. The molecule has 3 rings (SSSR count). The van der Waals surface area contributed by atoms with Gasteiger partial charge in [-0.3, -0.25) is 14.2 Å². The lowest BCUT2D eigenvalue weighted by Crippen LogP contribution is -2.20. The van der Waals surface area contributed by atoms with Crippen molar-refractivity contribution in [3.8, 4) is 0 Å². The summed E-state index contributed by atoms with van der Waals surface area (Å²) in [6, 6.07) is 13.1. The van der Waals surface area contributed by atoms with Crippen LogP contribution in [0.5, 0.6) is 0 Å². The quantitative estimate of drug-likeness (QED) is 0.415.